The van der Waals surface area contributed by atoms with Crippen LogP contribution in [0.15, 0.2) is 59.5 Å². The Labute approximate surface area is 206 Å². The molecule has 0 aliphatic heterocycles. The van der Waals surface area contributed by atoms with Gasteiger partial charge in [-0.15, -0.1) is 0 Å². The number of carboxylic acid groups (broad SMARTS) is 1. The Balaban J connectivity index is 1.45. The second-order valence-corrected chi connectivity index (χ2v) is 9.48. The number of aromatic nitrogens is 3. The summed E-state index contributed by atoms with van der Waals surface area (Å²) in [6, 6.07) is 12.9. The summed E-state index contributed by atoms with van der Waals surface area (Å²) < 4.78 is 1.07. The number of benzene rings is 2. The molecule has 2 aromatic carbocycles. The highest BCUT2D eigenvalue weighted by Crippen LogP contribution is 2.29. The Bertz CT molecular complexity index is 1480. The van der Waals surface area contributed by atoms with E-state index in [2.05, 4.69) is 15.3 Å². The van der Waals surface area contributed by atoms with Gasteiger partial charge >= 0.3 is 5.97 Å². The molecule has 1 saturated carbocycles. The van der Waals surface area contributed by atoms with Gasteiger partial charge in [0.2, 0.25) is 5.91 Å². The molecular weight excluding hydrogens is 460 g/mol. The van der Waals surface area contributed by atoms with Gasteiger partial charge in [-0.1, -0.05) is 30.3 Å². The fraction of sp³-hybridized carbons (Fsp3) is 0.333. The molecule has 4 aromatic rings. The van der Waals surface area contributed by atoms with E-state index in [1.54, 1.807) is 24.3 Å². The molecule has 0 bridgehead atoms. The lowest BCUT2D eigenvalue weighted by atomic mass is 9.82. The summed E-state index contributed by atoms with van der Waals surface area (Å²) in [7, 11) is 0. The lowest BCUT2D eigenvalue weighted by Gasteiger charge is -2.27. The van der Waals surface area contributed by atoms with Gasteiger partial charge in [0.25, 0.3) is 11.6 Å². The van der Waals surface area contributed by atoms with Gasteiger partial charge in [0.05, 0.1) is 16.8 Å². The minimum Gasteiger partial charge on any atom is -0.481 e. The van der Waals surface area contributed by atoms with E-state index in [0.717, 1.165) is 21.0 Å². The molecule has 1 fully saturated rings. The second kappa shape index (κ2) is 9.85. The number of hydrogen-bond donors (Lipinski definition) is 4. The fourth-order valence-corrected chi connectivity index (χ4v) is 5.20. The molecule has 9 nitrogen and oxygen atoms in total. The van der Waals surface area contributed by atoms with Crippen LogP contribution >= 0.6 is 0 Å². The van der Waals surface area contributed by atoms with E-state index < -0.39 is 29.5 Å². The third-order valence-corrected chi connectivity index (χ3v) is 7.25. The highest BCUT2D eigenvalue weighted by atomic mass is 16.4. The molecule has 1 atom stereocenters. The molecule has 2 aromatic heterocycles. The Hall–Kier alpha value is -4.14. The molecule has 5 rings (SSSR count). The summed E-state index contributed by atoms with van der Waals surface area (Å²) in [4.78, 5) is 45.6. The molecule has 0 radical (unpaired) electrons. The van der Waals surface area contributed by atoms with Crippen molar-refractivity contribution in [1.29, 1.82) is 0 Å². The van der Waals surface area contributed by atoms with Gasteiger partial charge in [0, 0.05) is 30.1 Å². The predicted octanol–water partition coefficient (Wildman–Crippen LogP) is 3.37. The van der Waals surface area contributed by atoms with Crippen molar-refractivity contribution in [3.8, 4) is 6.01 Å². The first-order chi connectivity index (χ1) is 17.4. The second-order valence-electron chi connectivity index (χ2n) is 9.48. The highest BCUT2D eigenvalue weighted by molar-refractivity contribution is 5.86. The number of nitrogens with one attached hydrogen (secondary N) is 2. The number of carbonyl (C=O) groups excluding carboxylic acids is 1. The van der Waals surface area contributed by atoms with Gasteiger partial charge in [-0.2, -0.15) is 4.98 Å². The summed E-state index contributed by atoms with van der Waals surface area (Å²) in [5.41, 5.74) is 1.62. The maximum Gasteiger partial charge on any atom is 0.306 e. The van der Waals surface area contributed by atoms with Crippen LogP contribution in [0.3, 0.4) is 0 Å². The van der Waals surface area contributed by atoms with Crippen molar-refractivity contribution in [2.45, 2.75) is 38.1 Å². The zero-order chi connectivity index (χ0) is 25.2. The van der Waals surface area contributed by atoms with Crippen molar-refractivity contribution in [1.82, 2.24) is 19.9 Å². The third-order valence-electron chi connectivity index (χ3n) is 7.25. The smallest absolute Gasteiger partial charge is 0.306 e. The van der Waals surface area contributed by atoms with Crippen molar-refractivity contribution in [3.05, 3.63) is 70.6 Å². The molecule has 1 amide bonds. The molecule has 1 aliphatic carbocycles. The van der Waals surface area contributed by atoms with Crippen LogP contribution in [0.1, 0.15) is 37.3 Å². The summed E-state index contributed by atoms with van der Waals surface area (Å²) in [5.74, 6) is -1.32. The standard InChI is InChI=1S/C27H28N4O5/c32-24(29-14-16-9-11-17(12-10-16)26(34)35)23(13-18-15-28-21-7-3-1-5-19(18)21)31-25(33)20-6-2-4-8-22(20)30-27(31)36/h1-8,15-17,23,28H,9-14H2,(H,29,32)(H,30,36)(H,34,35)/t16?,17?,23-/m1/s1. The number of para-hydroxylation sites is 2. The molecular formula is C27H28N4O5. The highest BCUT2D eigenvalue weighted by Gasteiger charge is 2.30. The Morgan fingerprint density at radius 1 is 1.06 bits per heavy atom. The Kier molecular flexibility index (Phi) is 6.45. The van der Waals surface area contributed by atoms with E-state index in [9.17, 15) is 24.6 Å². The zero-order valence-corrected chi connectivity index (χ0v) is 19.7. The topological polar surface area (TPSA) is 137 Å². The van der Waals surface area contributed by atoms with Crippen molar-refractivity contribution in [2.75, 3.05) is 6.54 Å². The van der Waals surface area contributed by atoms with Crippen LogP contribution in [0.4, 0.5) is 0 Å². The number of fused-ring (bicyclic) bond motifs is 2. The van der Waals surface area contributed by atoms with Crippen molar-refractivity contribution in [3.63, 3.8) is 0 Å². The normalized spacial score (nSPS) is 18.8. The zero-order valence-electron chi connectivity index (χ0n) is 19.7. The van der Waals surface area contributed by atoms with Crippen LogP contribution in [0.25, 0.3) is 21.8 Å². The molecule has 0 unspecified atom stereocenters. The number of aromatic hydroxyl groups is 1. The van der Waals surface area contributed by atoms with E-state index in [-0.39, 0.29) is 18.3 Å². The molecule has 1 aliphatic rings. The molecule has 186 valence electrons. The number of carboxylic acids is 1. The van der Waals surface area contributed by atoms with Gasteiger partial charge in [-0.3, -0.25) is 14.4 Å². The number of rotatable bonds is 7. The SMILES string of the molecule is O=C(O)C1CCC(CNC(=O)[C@@H](Cc2c[nH]c3ccccc23)n2c(O)nc3ccccc3c2=O)CC1. The Morgan fingerprint density at radius 3 is 2.50 bits per heavy atom. The van der Waals surface area contributed by atoms with Gasteiger partial charge in [0.1, 0.15) is 6.04 Å². The van der Waals surface area contributed by atoms with E-state index in [0.29, 0.717) is 43.1 Å². The minimum atomic E-state index is -1.02. The maximum atomic E-state index is 13.5. The molecule has 36 heavy (non-hydrogen) atoms. The fourth-order valence-electron chi connectivity index (χ4n) is 5.20. The van der Waals surface area contributed by atoms with Gasteiger partial charge in [-0.25, -0.2) is 4.57 Å². The number of amides is 1. The number of hydrogen-bond acceptors (Lipinski definition) is 5. The number of H-pyrrole nitrogens is 1. The van der Waals surface area contributed by atoms with Gasteiger partial charge in [-0.05, 0) is 55.4 Å². The lowest BCUT2D eigenvalue weighted by molar-refractivity contribution is -0.143. The van der Waals surface area contributed by atoms with Crippen molar-refractivity contribution >= 4 is 33.7 Å². The van der Waals surface area contributed by atoms with Crippen LogP contribution in [-0.4, -0.2) is 43.2 Å². The van der Waals surface area contributed by atoms with Crippen molar-refractivity contribution < 1.29 is 19.8 Å². The maximum absolute atomic E-state index is 13.5. The van der Waals surface area contributed by atoms with E-state index >= 15 is 0 Å². The van der Waals surface area contributed by atoms with Crippen LogP contribution in [0.5, 0.6) is 6.01 Å². The first-order valence-electron chi connectivity index (χ1n) is 12.2. The minimum absolute atomic E-state index is 0.165. The van der Waals surface area contributed by atoms with Crippen LogP contribution in [0.2, 0.25) is 0 Å². The predicted molar refractivity (Wildman–Crippen MR) is 135 cm³/mol. The first-order valence-corrected chi connectivity index (χ1v) is 12.2. The van der Waals surface area contributed by atoms with Crippen LogP contribution in [-0.2, 0) is 16.0 Å². The number of aromatic amines is 1. The van der Waals surface area contributed by atoms with Crippen molar-refractivity contribution in [2.24, 2.45) is 11.8 Å². The average Bonchev–Trinajstić information content (AvgIpc) is 3.29. The third kappa shape index (κ3) is 4.56. The van der Waals surface area contributed by atoms with E-state index in [1.165, 1.54) is 0 Å². The van der Waals surface area contributed by atoms with E-state index in [4.69, 9.17) is 0 Å². The molecule has 4 N–H and O–H groups in total. The molecule has 0 saturated heterocycles. The molecule has 0 spiro atoms. The largest absolute Gasteiger partial charge is 0.481 e. The molecule has 2 heterocycles. The van der Waals surface area contributed by atoms with Gasteiger partial charge < -0.3 is 20.5 Å². The first kappa shape index (κ1) is 23.6. The lowest BCUT2D eigenvalue weighted by Crippen LogP contribution is -2.41. The van der Waals surface area contributed by atoms with Crippen LogP contribution < -0.4 is 10.9 Å². The Morgan fingerprint density at radius 2 is 1.75 bits per heavy atom. The monoisotopic (exact) mass is 488 g/mol. The summed E-state index contributed by atoms with van der Waals surface area (Å²) in [6.07, 6.45) is 4.59. The molecule has 9 heteroatoms. The quantitative estimate of drug-likeness (QED) is 0.315. The summed E-state index contributed by atoms with van der Waals surface area (Å²) in [5, 5.41) is 24.2. The van der Waals surface area contributed by atoms with Gasteiger partial charge in [0.15, 0.2) is 0 Å². The van der Waals surface area contributed by atoms with Crippen LogP contribution in [0, 0.1) is 11.8 Å². The number of aliphatic carboxylic acids is 1. The summed E-state index contributed by atoms with van der Waals surface area (Å²) >= 11 is 0. The van der Waals surface area contributed by atoms with E-state index in [1.807, 2.05) is 30.5 Å². The summed E-state index contributed by atoms with van der Waals surface area (Å²) in [6.45, 7) is 0.381. The number of carbonyl (C=O) groups is 2. The average molecular weight is 489 g/mol. The number of nitrogens with zero attached hydrogens (tertiary/aromatic N) is 2.